The van der Waals surface area contributed by atoms with Gasteiger partial charge in [0.1, 0.15) is 0 Å². The topological polar surface area (TPSA) is 65.7 Å². The molecular weight excluding hydrogens is 315 g/mol. The first kappa shape index (κ1) is 20.2. The van der Waals surface area contributed by atoms with Crippen LogP contribution in [0.1, 0.15) is 38.0 Å². The lowest BCUT2D eigenvalue weighted by atomic mass is 10.1. The molecule has 5 nitrogen and oxygen atoms in total. The minimum atomic E-state index is -0.852. The van der Waals surface area contributed by atoms with Crippen molar-refractivity contribution in [1.82, 2.24) is 9.47 Å². The first-order valence-electron chi connectivity index (χ1n) is 6.92. The number of aliphatic hydroxyl groups excluding tert-OH is 1. The second-order valence-electron chi connectivity index (χ2n) is 5.19. The van der Waals surface area contributed by atoms with E-state index in [-0.39, 0.29) is 30.6 Å². The lowest BCUT2D eigenvalue weighted by Crippen LogP contribution is -2.33. The molecule has 0 spiro atoms. The summed E-state index contributed by atoms with van der Waals surface area (Å²) in [7, 11) is 0. The number of aromatic hydroxyl groups is 1. The predicted octanol–water partition coefficient (Wildman–Crippen LogP) is 1.94. The molecule has 1 unspecified atom stereocenters. The highest BCUT2D eigenvalue weighted by atomic mass is 35.5. The third-order valence-corrected chi connectivity index (χ3v) is 3.69. The van der Waals surface area contributed by atoms with Crippen molar-refractivity contribution >= 4 is 24.8 Å². The lowest BCUT2D eigenvalue weighted by Gasteiger charge is -2.27. The van der Waals surface area contributed by atoms with Crippen molar-refractivity contribution in [3.05, 3.63) is 28.2 Å². The summed E-state index contributed by atoms with van der Waals surface area (Å²) in [6, 6.07) is 1.34. The van der Waals surface area contributed by atoms with Gasteiger partial charge in [0.05, 0.1) is 11.8 Å². The molecule has 1 aromatic heterocycles. The van der Waals surface area contributed by atoms with Crippen LogP contribution in [-0.2, 0) is 6.54 Å². The average molecular weight is 339 g/mol. The van der Waals surface area contributed by atoms with Crippen molar-refractivity contribution in [2.75, 3.05) is 19.6 Å². The number of nitrogens with zero attached hydrogens (tertiary/aromatic N) is 2. The first-order chi connectivity index (χ1) is 9.09. The summed E-state index contributed by atoms with van der Waals surface area (Å²) in [6.45, 7) is 5.33. The van der Waals surface area contributed by atoms with E-state index in [1.807, 2.05) is 0 Å². The number of rotatable bonds is 4. The van der Waals surface area contributed by atoms with Crippen molar-refractivity contribution in [2.45, 2.75) is 38.8 Å². The molecule has 0 saturated carbocycles. The van der Waals surface area contributed by atoms with Crippen LogP contribution in [0.15, 0.2) is 17.1 Å². The number of pyridine rings is 1. The van der Waals surface area contributed by atoms with Crippen LogP contribution in [0, 0.1) is 0 Å². The van der Waals surface area contributed by atoms with Gasteiger partial charge in [-0.3, -0.25) is 4.79 Å². The van der Waals surface area contributed by atoms with Crippen LogP contribution in [0.5, 0.6) is 5.75 Å². The molecule has 21 heavy (non-hydrogen) atoms. The van der Waals surface area contributed by atoms with Gasteiger partial charge in [-0.25, -0.2) is 0 Å². The monoisotopic (exact) mass is 338 g/mol. The predicted molar refractivity (Wildman–Crippen MR) is 87.8 cm³/mol. The summed E-state index contributed by atoms with van der Waals surface area (Å²) in [5.41, 5.74) is -0.130. The van der Waals surface area contributed by atoms with Gasteiger partial charge in [0.25, 0.3) is 0 Å². The van der Waals surface area contributed by atoms with E-state index in [1.54, 1.807) is 17.7 Å². The fourth-order valence-electron chi connectivity index (χ4n) is 2.64. The molecular formula is C14H24Cl2N2O3. The summed E-state index contributed by atoms with van der Waals surface area (Å²) in [4.78, 5) is 13.8. The molecule has 1 saturated heterocycles. The number of aliphatic hydroxyl groups is 1. The fourth-order valence-corrected chi connectivity index (χ4v) is 2.64. The molecule has 0 aromatic carbocycles. The molecule has 2 N–H and O–H groups in total. The summed E-state index contributed by atoms with van der Waals surface area (Å²) in [6.07, 6.45) is 4.56. The minimum absolute atomic E-state index is 0. The summed E-state index contributed by atoms with van der Waals surface area (Å²) >= 11 is 0. The maximum atomic E-state index is 11.4. The van der Waals surface area contributed by atoms with E-state index in [9.17, 15) is 15.0 Å². The third kappa shape index (κ3) is 5.18. The third-order valence-electron chi connectivity index (χ3n) is 3.69. The van der Waals surface area contributed by atoms with E-state index < -0.39 is 11.5 Å². The number of likely N-dealkylation sites (tertiary alicyclic amines) is 1. The van der Waals surface area contributed by atoms with Gasteiger partial charge in [-0.15, -0.1) is 24.8 Å². The van der Waals surface area contributed by atoms with Gasteiger partial charge in [-0.05, 0) is 32.9 Å². The second-order valence-corrected chi connectivity index (χ2v) is 5.19. The SMILES string of the molecule is CC(O)c1c(O)c(=O)ccn1CCN1CCCCC1.Cl.Cl. The van der Waals surface area contributed by atoms with Crippen LogP contribution < -0.4 is 5.43 Å². The summed E-state index contributed by atoms with van der Waals surface area (Å²) in [5, 5.41) is 19.5. The van der Waals surface area contributed by atoms with Gasteiger partial charge < -0.3 is 19.7 Å². The number of hydrogen-bond donors (Lipinski definition) is 2. The smallest absolute Gasteiger partial charge is 0.223 e. The van der Waals surface area contributed by atoms with Crippen LogP contribution in [0.4, 0.5) is 0 Å². The Morgan fingerprint density at radius 2 is 1.81 bits per heavy atom. The highest BCUT2D eigenvalue weighted by molar-refractivity contribution is 5.85. The zero-order valence-electron chi connectivity index (χ0n) is 12.2. The highest BCUT2D eigenvalue weighted by Crippen LogP contribution is 2.20. The molecule has 7 heteroatoms. The van der Waals surface area contributed by atoms with E-state index in [2.05, 4.69) is 4.90 Å². The van der Waals surface area contributed by atoms with Crippen LogP contribution in [0.25, 0.3) is 0 Å². The number of piperidine rings is 1. The zero-order valence-corrected chi connectivity index (χ0v) is 13.8. The van der Waals surface area contributed by atoms with Crippen molar-refractivity contribution < 1.29 is 10.2 Å². The Hall–Kier alpha value is -0.750. The van der Waals surface area contributed by atoms with Gasteiger partial charge in [0.2, 0.25) is 5.43 Å². The van der Waals surface area contributed by atoms with Gasteiger partial charge in [0.15, 0.2) is 5.75 Å². The van der Waals surface area contributed by atoms with Gasteiger partial charge in [-0.1, -0.05) is 6.42 Å². The number of hydrogen-bond acceptors (Lipinski definition) is 4. The Morgan fingerprint density at radius 3 is 2.38 bits per heavy atom. The summed E-state index contributed by atoms with van der Waals surface area (Å²) in [5.74, 6) is -0.337. The molecule has 1 fully saturated rings. The molecule has 122 valence electrons. The first-order valence-corrected chi connectivity index (χ1v) is 6.92. The Morgan fingerprint density at radius 1 is 1.19 bits per heavy atom. The van der Waals surface area contributed by atoms with Crippen molar-refractivity contribution in [3.8, 4) is 5.75 Å². The largest absolute Gasteiger partial charge is 0.503 e. The minimum Gasteiger partial charge on any atom is -0.503 e. The Balaban J connectivity index is 0.00000200. The molecule has 0 bridgehead atoms. The normalized spacial score (nSPS) is 16.7. The highest BCUT2D eigenvalue weighted by Gasteiger charge is 2.16. The maximum Gasteiger partial charge on any atom is 0.223 e. The molecule has 2 rings (SSSR count). The maximum absolute atomic E-state index is 11.4. The van der Waals surface area contributed by atoms with Gasteiger partial charge in [-0.2, -0.15) is 0 Å². The van der Waals surface area contributed by atoms with Crippen LogP contribution in [0.2, 0.25) is 0 Å². The van der Waals surface area contributed by atoms with Crippen LogP contribution in [-0.4, -0.2) is 39.3 Å². The summed E-state index contributed by atoms with van der Waals surface area (Å²) < 4.78 is 1.77. The quantitative estimate of drug-likeness (QED) is 0.880. The van der Waals surface area contributed by atoms with Crippen molar-refractivity contribution in [3.63, 3.8) is 0 Å². The molecule has 0 amide bonds. The Bertz CT molecular complexity index is 486. The number of halogens is 2. The van der Waals surface area contributed by atoms with E-state index in [0.29, 0.717) is 12.2 Å². The van der Waals surface area contributed by atoms with E-state index in [4.69, 9.17) is 0 Å². The van der Waals surface area contributed by atoms with E-state index in [1.165, 1.54) is 25.3 Å². The van der Waals surface area contributed by atoms with E-state index in [0.717, 1.165) is 19.6 Å². The Labute approximate surface area is 137 Å². The Kier molecular flexibility index (Phi) is 8.97. The zero-order chi connectivity index (χ0) is 13.8. The second kappa shape index (κ2) is 9.30. The standard InChI is InChI=1S/C14H22N2O3.2ClH/c1-11(17)13-14(19)12(18)5-8-16(13)10-9-15-6-3-2-4-7-15;;/h5,8,11,17,19H,2-4,6-7,9-10H2,1H3;2*1H. The van der Waals surface area contributed by atoms with Crippen LogP contribution >= 0.6 is 24.8 Å². The molecule has 0 radical (unpaired) electrons. The number of aromatic nitrogens is 1. The van der Waals surface area contributed by atoms with Gasteiger partial charge >= 0.3 is 0 Å². The molecule has 1 atom stereocenters. The van der Waals surface area contributed by atoms with E-state index >= 15 is 0 Å². The van der Waals surface area contributed by atoms with Crippen LogP contribution in [0.3, 0.4) is 0 Å². The molecule has 2 heterocycles. The lowest BCUT2D eigenvalue weighted by molar-refractivity contribution is 0.176. The molecule has 1 aliphatic heterocycles. The fraction of sp³-hybridized carbons (Fsp3) is 0.643. The molecule has 1 aliphatic rings. The van der Waals surface area contributed by atoms with Crippen molar-refractivity contribution in [2.24, 2.45) is 0 Å². The molecule has 1 aromatic rings. The van der Waals surface area contributed by atoms with Gasteiger partial charge in [0, 0.05) is 25.4 Å². The van der Waals surface area contributed by atoms with Crippen molar-refractivity contribution in [1.29, 1.82) is 0 Å². The average Bonchev–Trinajstić information content (AvgIpc) is 2.41. The molecule has 0 aliphatic carbocycles.